The van der Waals surface area contributed by atoms with E-state index in [1.54, 1.807) is 29.4 Å². The molecule has 1 saturated carbocycles. The van der Waals surface area contributed by atoms with E-state index in [9.17, 15) is 13.2 Å². The van der Waals surface area contributed by atoms with Crippen LogP contribution in [-0.2, 0) is 14.8 Å². The molecule has 1 aliphatic rings. The number of carbonyl (C=O) groups excluding carboxylic acids is 1. The maximum Gasteiger partial charge on any atom is 0.243 e. The number of benzene rings is 1. The highest BCUT2D eigenvalue weighted by atomic mass is 32.2. The van der Waals surface area contributed by atoms with Crippen molar-refractivity contribution in [3.63, 3.8) is 0 Å². The van der Waals surface area contributed by atoms with Crippen molar-refractivity contribution in [1.29, 1.82) is 0 Å². The number of sulfonamides is 1. The van der Waals surface area contributed by atoms with Crippen LogP contribution in [0, 0.1) is 12.8 Å². The van der Waals surface area contributed by atoms with Crippen LogP contribution in [0.3, 0.4) is 0 Å². The second-order valence-electron chi connectivity index (χ2n) is 6.71. The predicted octanol–water partition coefficient (Wildman–Crippen LogP) is 3.15. The van der Waals surface area contributed by atoms with Gasteiger partial charge in [0.15, 0.2) is 0 Å². The van der Waals surface area contributed by atoms with Gasteiger partial charge in [-0.3, -0.25) is 4.79 Å². The minimum Gasteiger partial charge on any atom is -0.326 e. The normalized spacial score (nSPS) is 16.7. The van der Waals surface area contributed by atoms with Gasteiger partial charge in [0.1, 0.15) is 0 Å². The molecule has 0 aromatic heterocycles. The van der Waals surface area contributed by atoms with Crippen molar-refractivity contribution in [2.24, 2.45) is 5.92 Å². The third-order valence-electron chi connectivity index (χ3n) is 4.34. The second-order valence-corrected chi connectivity index (χ2v) is 8.52. The lowest BCUT2D eigenvalue weighted by atomic mass is 10.1. The molecule has 6 heteroatoms. The quantitative estimate of drug-likeness (QED) is 0.866. The highest BCUT2D eigenvalue weighted by Gasteiger charge is 2.42. The minimum absolute atomic E-state index is 0.0590. The topological polar surface area (TPSA) is 66.5 Å². The molecule has 0 heterocycles. The summed E-state index contributed by atoms with van der Waals surface area (Å²) in [6.45, 7) is 9.24. The van der Waals surface area contributed by atoms with Crippen molar-refractivity contribution in [1.82, 2.24) is 4.31 Å². The zero-order chi connectivity index (χ0) is 17.4. The summed E-state index contributed by atoms with van der Waals surface area (Å²) in [6.07, 6.45) is 1.83. The summed E-state index contributed by atoms with van der Waals surface area (Å²) in [4.78, 5) is 11.5. The van der Waals surface area contributed by atoms with Crippen molar-refractivity contribution < 1.29 is 13.2 Å². The molecule has 1 N–H and O–H groups in total. The van der Waals surface area contributed by atoms with E-state index in [1.165, 1.54) is 6.92 Å². The summed E-state index contributed by atoms with van der Waals surface area (Å²) in [5.41, 5.74) is 1.20. The van der Waals surface area contributed by atoms with Gasteiger partial charge in [0.2, 0.25) is 15.9 Å². The Morgan fingerprint density at radius 3 is 2.35 bits per heavy atom. The van der Waals surface area contributed by atoms with Crippen molar-refractivity contribution >= 4 is 21.6 Å². The molecule has 1 aromatic rings. The number of aryl methyl sites for hydroxylation is 1. The Hall–Kier alpha value is -1.40. The first-order chi connectivity index (χ1) is 10.6. The van der Waals surface area contributed by atoms with Gasteiger partial charge in [-0.15, -0.1) is 0 Å². The average Bonchev–Trinajstić information content (AvgIpc) is 3.24. The Balaban J connectivity index is 2.46. The predicted molar refractivity (Wildman–Crippen MR) is 91.8 cm³/mol. The number of nitrogens with one attached hydrogen (secondary N) is 1. The van der Waals surface area contributed by atoms with Crippen LogP contribution in [0.15, 0.2) is 23.1 Å². The summed E-state index contributed by atoms with van der Waals surface area (Å²) in [5.74, 6) is 0.0241. The molecule has 23 heavy (non-hydrogen) atoms. The van der Waals surface area contributed by atoms with Gasteiger partial charge in [-0.2, -0.15) is 4.31 Å². The van der Waals surface area contributed by atoms with Gasteiger partial charge in [0, 0.05) is 24.7 Å². The summed E-state index contributed by atoms with van der Waals surface area (Å²) in [5, 5.41) is 2.66. The van der Waals surface area contributed by atoms with Crippen molar-refractivity contribution in [2.75, 3.05) is 5.32 Å². The Kier molecular flexibility index (Phi) is 5.16. The second kappa shape index (κ2) is 6.61. The highest BCUT2D eigenvalue weighted by Crippen LogP contribution is 2.37. The largest absolute Gasteiger partial charge is 0.326 e. The van der Waals surface area contributed by atoms with Crippen LogP contribution in [0.2, 0.25) is 0 Å². The molecule has 1 amide bonds. The van der Waals surface area contributed by atoms with Crippen LogP contribution in [0.1, 0.15) is 46.1 Å². The van der Waals surface area contributed by atoms with Gasteiger partial charge < -0.3 is 5.32 Å². The molecule has 1 atom stereocenters. The third kappa shape index (κ3) is 3.93. The molecule has 0 aliphatic heterocycles. The lowest BCUT2D eigenvalue weighted by Gasteiger charge is -2.31. The molecule has 1 aliphatic carbocycles. The van der Waals surface area contributed by atoms with Crippen LogP contribution in [-0.4, -0.2) is 30.7 Å². The van der Waals surface area contributed by atoms with Crippen LogP contribution >= 0.6 is 0 Å². The smallest absolute Gasteiger partial charge is 0.243 e. The van der Waals surface area contributed by atoms with Gasteiger partial charge >= 0.3 is 0 Å². The molecule has 1 fully saturated rings. The molecule has 128 valence electrons. The molecule has 0 saturated heterocycles. The first-order valence-corrected chi connectivity index (χ1v) is 9.50. The van der Waals surface area contributed by atoms with E-state index in [-0.39, 0.29) is 28.8 Å². The van der Waals surface area contributed by atoms with Crippen LogP contribution in [0.4, 0.5) is 5.69 Å². The molecule has 0 radical (unpaired) electrons. The SMILES string of the molecule is CC(=O)Nc1ccc(C)c(S(=O)(=O)N(C2CC2)C(C)C(C)C)c1. The Labute approximate surface area is 139 Å². The van der Waals surface area contributed by atoms with Crippen molar-refractivity contribution in [2.45, 2.75) is 64.4 Å². The number of anilines is 1. The third-order valence-corrected chi connectivity index (χ3v) is 6.52. The van der Waals surface area contributed by atoms with Crippen molar-refractivity contribution in [3.8, 4) is 0 Å². The van der Waals surface area contributed by atoms with Gasteiger partial charge in [0.25, 0.3) is 0 Å². The number of carbonyl (C=O) groups is 1. The number of rotatable bonds is 6. The van der Waals surface area contributed by atoms with E-state index >= 15 is 0 Å². The van der Waals surface area contributed by atoms with Crippen molar-refractivity contribution in [3.05, 3.63) is 23.8 Å². The summed E-state index contributed by atoms with van der Waals surface area (Å²) >= 11 is 0. The minimum atomic E-state index is -3.59. The van der Waals surface area contributed by atoms with Gasteiger partial charge in [-0.25, -0.2) is 8.42 Å². The maximum absolute atomic E-state index is 13.2. The van der Waals surface area contributed by atoms with E-state index in [4.69, 9.17) is 0 Å². The zero-order valence-corrected chi connectivity index (χ0v) is 15.3. The molecule has 1 unspecified atom stereocenters. The summed E-state index contributed by atoms with van der Waals surface area (Å²) < 4.78 is 28.1. The van der Waals surface area contributed by atoms with Crippen LogP contribution < -0.4 is 5.32 Å². The average molecular weight is 338 g/mol. The van der Waals surface area contributed by atoms with E-state index in [0.29, 0.717) is 11.3 Å². The lowest BCUT2D eigenvalue weighted by Crippen LogP contribution is -2.43. The van der Waals surface area contributed by atoms with Gasteiger partial charge in [-0.1, -0.05) is 19.9 Å². The highest BCUT2D eigenvalue weighted by molar-refractivity contribution is 7.89. The molecular weight excluding hydrogens is 312 g/mol. The number of amides is 1. The number of hydrogen-bond acceptors (Lipinski definition) is 3. The van der Waals surface area contributed by atoms with E-state index in [0.717, 1.165) is 12.8 Å². The first-order valence-electron chi connectivity index (χ1n) is 8.06. The molecule has 2 rings (SSSR count). The van der Waals surface area contributed by atoms with Crippen LogP contribution in [0.25, 0.3) is 0 Å². The molecule has 0 spiro atoms. The summed E-state index contributed by atoms with van der Waals surface area (Å²) in [6, 6.07) is 5.07. The molecular formula is C17H26N2O3S. The van der Waals surface area contributed by atoms with Gasteiger partial charge in [-0.05, 0) is 50.3 Å². The zero-order valence-electron chi connectivity index (χ0n) is 14.5. The fourth-order valence-corrected chi connectivity index (χ4v) is 4.91. The fraction of sp³-hybridized carbons (Fsp3) is 0.588. The number of hydrogen-bond donors (Lipinski definition) is 1. The van der Waals surface area contributed by atoms with Gasteiger partial charge in [0.05, 0.1) is 4.90 Å². The van der Waals surface area contributed by atoms with E-state index in [2.05, 4.69) is 5.32 Å². The maximum atomic E-state index is 13.2. The fourth-order valence-electron chi connectivity index (χ4n) is 2.64. The molecule has 0 bridgehead atoms. The van der Waals surface area contributed by atoms with E-state index in [1.807, 2.05) is 20.8 Å². The van der Waals surface area contributed by atoms with Crippen LogP contribution in [0.5, 0.6) is 0 Å². The number of nitrogens with zero attached hydrogens (tertiary/aromatic N) is 1. The Bertz CT molecular complexity index is 694. The monoisotopic (exact) mass is 338 g/mol. The standard InChI is InChI=1S/C17H26N2O3S/c1-11(2)13(4)19(16-8-9-16)23(21,22)17-10-15(18-14(5)20)7-6-12(17)3/h6-7,10-11,13,16H,8-9H2,1-5H3,(H,18,20). The first kappa shape index (κ1) is 17.9. The lowest BCUT2D eigenvalue weighted by molar-refractivity contribution is -0.114. The Morgan fingerprint density at radius 2 is 1.87 bits per heavy atom. The molecule has 1 aromatic carbocycles. The van der Waals surface area contributed by atoms with E-state index < -0.39 is 10.0 Å². The molecule has 5 nitrogen and oxygen atoms in total. The Morgan fingerprint density at radius 1 is 1.26 bits per heavy atom. The summed E-state index contributed by atoms with van der Waals surface area (Å²) in [7, 11) is -3.59.